The number of carbonyl (C=O) groups is 2. The molecule has 0 spiro atoms. The second kappa shape index (κ2) is 8.42. The summed E-state index contributed by atoms with van der Waals surface area (Å²) in [5.41, 5.74) is 0.511. The molecule has 2 aromatic carbocycles. The monoisotopic (exact) mass is 414 g/mol. The zero-order valence-corrected chi connectivity index (χ0v) is 16.8. The molecule has 5 nitrogen and oxygen atoms in total. The number of anilines is 1. The van der Waals surface area contributed by atoms with E-state index in [2.05, 4.69) is 5.32 Å². The summed E-state index contributed by atoms with van der Waals surface area (Å²) in [4.78, 5) is 27.2. The molecule has 1 fully saturated rings. The summed E-state index contributed by atoms with van der Waals surface area (Å²) in [5, 5.41) is 2.55. The standard InChI is InChI=1S/C23H24F2N2O3/c1-14-23(29)27(17-6-3-2-4-7-17)13-15-12-16(10-11-20(15)30-14)26-22(28)21-18(24)8-5-9-19(21)25/h5,8-12,14,17H,2-4,6-7,13H2,1H3,(H,26,28). The van der Waals surface area contributed by atoms with Gasteiger partial charge in [-0.1, -0.05) is 25.3 Å². The van der Waals surface area contributed by atoms with E-state index in [0.29, 0.717) is 18.0 Å². The molecule has 158 valence electrons. The molecular formula is C23H24F2N2O3. The molecule has 1 atom stereocenters. The number of hydrogen-bond acceptors (Lipinski definition) is 3. The number of amides is 2. The first-order chi connectivity index (χ1) is 14.4. The number of hydrogen-bond donors (Lipinski definition) is 1. The van der Waals surface area contributed by atoms with Gasteiger partial charge in [0.05, 0.1) is 0 Å². The molecular weight excluding hydrogens is 390 g/mol. The molecule has 0 aromatic heterocycles. The highest BCUT2D eigenvalue weighted by molar-refractivity contribution is 6.04. The molecule has 0 bridgehead atoms. The van der Waals surface area contributed by atoms with Crippen LogP contribution in [0.15, 0.2) is 36.4 Å². The molecule has 1 N–H and O–H groups in total. The van der Waals surface area contributed by atoms with Crippen molar-refractivity contribution in [2.75, 3.05) is 5.32 Å². The van der Waals surface area contributed by atoms with Crippen molar-refractivity contribution in [2.24, 2.45) is 0 Å². The summed E-state index contributed by atoms with van der Waals surface area (Å²) >= 11 is 0. The lowest BCUT2D eigenvalue weighted by Gasteiger charge is -2.34. The van der Waals surface area contributed by atoms with Crippen LogP contribution in [0.1, 0.15) is 54.9 Å². The summed E-state index contributed by atoms with van der Waals surface area (Å²) in [6.07, 6.45) is 4.72. The maximum Gasteiger partial charge on any atom is 0.263 e. The van der Waals surface area contributed by atoms with E-state index in [0.717, 1.165) is 43.4 Å². The van der Waals surface area contributed by atoms with Gasteiger partial charge in [0.1, 0.15) is 22.9 Å². The maximum absolute atomic E-state index is 13.9. The van der Waals surface area contributed by atoms with Crippen LogP contribution in [-0.4, -0.2) is 28.9 Å². The van der Waals surface area contributed by atoms with E-state index < -0.39 is 29.2 Å². The smallest absolute Gasteiger partial charge is 0.263 e. The lowest BCUT2D eigenvalue weighted by atomic mass is 9.93. The van der Waals surface area contributed by atoms with Crippen LogP contribution in [0.5, 0.6) is 5.75 Å². The lowest BCUT2D eigenvalue weighted by molar-refractivity contribution is -0.140. The van der Waals surface area contributed by atoms with Gasteiger partial charge in [0.15, 0.2) is 6.10 Å². The molecule has 4 rings (SSSR count). The third kappa shape index (κ3) is 4.01. The highest BCUT2D eigenvalue weighted by Crippen LogP contribution is 2.32. The fourth-order valence-electron chi connectivity index (χ4n) is 4.24. The normalized spacial score (nSPS) is 19.6. The number of nitrogens with zero attached hydrogens (tertiary/aromatic N) is 1. The van der Waals surface area contributed by atoms with Crippen molar-refractivity contribution in [1.29, 1.82) is 0 Å². The van der Waals surface area contributed by atoms with Crippen molar-refractivity contribution in [2.45, 2.75) is 57.7 Å². The third-order valence-electron chi connectivity index (χ3n) is 5.80. The number of carbonyl (C=O) groups excluding carboxylic acids is 2. The van der Waals surface area contributed by atoms with Crippen molar-refractivity contribution in [3.05, 3.63) is 59.2 Å². The predicted molar refractivity (Wildman–Crippen MR) is 108 cm³/mol. The molecule has 2 amide bonds. The molecule has 1 aliphatic heterocycles. The molecule has 1 heterocycles. The Morgan fingerprint density at radius 3 is 2.50 bits per heavy atom. The Kier molecular flexibility index (Phi) is 5.70. The minimum Gasteiger partial charge on any atom is -0.481 e. The molecule has 1 saturated carbocycles. The zero-order valence-electron chi connectivity index (χ0n) is 16.8. The van der Waals surface area contributed by atoms with Crippen molar-refractivity contribution in [3.63, 3.8) is 0 Å². The van der Waals surface area contributed by atoms with Crippen molar-refractivity contribution in [1.82, 2.24) is 4.90 Å². The minimum absolute atomic E-state index is 0.0443. The van der Waals surface area contributed by atoms with Gasteiger partial charge >= 0.3 is 0 Å². The first-order valence-corrected chi connectivity index (χ1v) is 10.3. The van der Waals surface area contributed by atoms with E-state index in [1.807, 2.05) is 4.90 Å². The molecule has 1 unspecified atom stereocenters. The van der Waals surface area contributed by atoms with Crippen molar-refractivity contribution in [3.8, 4) is 5.75 Å². The van der Waals surface area contributed by atoms with E-state index in [-0.39, 0.29) is 11.9 Å². The van der Waals surface area contributed by atoms with Gasteiger partial charge in [0.25, 0.3) is 11.8 Å². The first-order valence-electron chi connectivity index (χ1n) is 10.3. The summed E-state index contributed by atoms with van der Waals surface area (Å²) < 4.78 is 33.7. The number of fused-ring (bicyclic) bond motifs is 1. The number of benzene rings is 2. The average molecular weight is 414 g/mol. The Balaban J connectivity index is 1.59. The fourth-order valence-corrected chi connectivity index (χ4v) is 4.24. The third-order valence-corrected chi connectivity index (χ3v) is 5.80. The van der Waals surface area contributed by atoms with Crippen LogP contribution >= 0.6 is 0 Å². The Labute approximate surface area is 174 Å². The number of ether oxygens (including phenoxy) is 1. The van der Waals surface area contributed by atoms with Crippen LogP contribution in [0.3, 0.4) is 0 Å². The van der Waals surface area contributed by atoms with Crippen LogP contribution in [0, 0.1) is 11.6 Å². The quantitative estimate of drug-likeness (QED) is 0.795. The van der Waals surface area contributed by atoms with Gasteiger partial charge in [-0.05, 0) is 50.1 Å². The number of nitrogens with one attached hydrogen (secondary N) is 1. The predicted octanol–water partition coefficient (Wildman–Crippen LogP) is 4.66. The van der Waals surface area contributed by atoms with E-state index in [1.165, 1.54) is 12.5 Å². The van der Waals surface area contributed by atoms with Crippen LogP contribution in [0.2, 0.25) is 0 Å². The van der Waals surface area contributed by atoms with Gasteiger partial charge in [-0.3, -0.25) is 9.59 Å². The van der Waals surface area contributed by atoms with Gasteiger partial charge in [0.2, 0.25) is 0 Å². The average Bonchev–Trinajstić information content (AvgIpc) is 2.85. The van der Waals surface area contributed by atoms with Gasteiger partial charge in [-0.2, -0.15) is 0 Å². The summed E-state index contributed by atoms with van der Waals surface area (Å²) in [6, 6.07) is 8.44. The molecule has 0 saturated heterocycles. The van der Waals surface area contributed by atoms with Crippen LogP contribution in [0.25, 0.3) is 0 Å². The maximum atomic E-state index is 13.9. The fraction of sp³-hybridized carbons (Fsp3) is 0.391. The van der Waals surface area contributed by atoms with Gasteiger partial charge < -0.3 is 15.0 Å². The molecule has 2 aromatic rings. The Morgan fingerprint density at radius 1 is 1.10 bits per heavy atom. The Morgan fingerprint density at radius 2 is 1.80 bits per heavy atom. The van der Waals surface area contributed by atoms with E-state index in [1.54, 1.807) is 25.1 Å². The summed E-state index contributed by atoms with van der Waals surface area (Å²) in [7, 11) is 0. The van der Waals surface area contributed by atoms with E-state index >= 15 is 0 Å². The van der Waals surface area contributed by atoms with Crippen LogP contribution in [0.4, 0.5) is 14.5 Å². The first kappa shape index (κ1) is 20.3. The SMILES string of the molecule is CC1Oc2ccc(NC(=O)c3c(F)cccc3F)cc2CN(C2CCCCC2)C1=O. The second-order valence-corrected chi connectivity index (χ2v) is 7.89. The second-order valence-electron chi connectivity index (χ2n) is 7.89. The van der Waals surface area contributed by atoms with Crippen molar-refractivity contribution < 1.29 is 23.1 Å². The van der Waals surface area contributed by atoms with Crippen LogP contribution in [-0.2, 0) is 11.3 Å². The highest BCUT2D eigenvalue weighted by atomic mass is 19.1. The molecule has 0 radical (unpaired) electrons. The lowest BCUT2D eigenvalue weighted by Crippen LogP contribution is -2.45. The Bertz CT molecular complexity index is 953. The van der Waals surface area contributed by atoms with E-state index in [9.17, 15) is 18.4 Å². The Hall–Kier alpha value is -2.96. The molecule has 30 heavy (non-hydrogen) atoms. The van der Waals surface area contributed by atoms with E-state index in [4.69, 9.17) is 4.74 Å². The van der Waals surface area contributed by atoms with Crippen molar-refractivity contribution >= 4 is 17.5 Å². The summed E-state index contributed by atoms with van der Waals surface area (Å²) in [5.74, 6) is -2.18. The van der Waals surface area contributed by atoms with Gasteiger partial charge in [-0.15, -0.1) is 0 Å². The molecule has 2 aliphatic rings. The zero-order chi connectivity index (χ0) is 21.3. The largest absolute Gasteiger partial charge is 0.481 e. The highest BCUT2D eigenvalue weighted by Gasteiger charge is 2.33. The minimum atomic E-state index is -0.923. The number of halogens is 2. The molecule has 1 aliphatic carbocycles. The van der Waals surface area contributed by atoms with Crippen LogP contribution < -0.4 is 10.1 Å². The molecule has 7 heteroatoms. The van der Waals surface area contributed by atoms with Gasteiger partial charge in [-0.25, -0.2) is 8.78 Å². The number of rotatable bonds is 3. The topological polar surface area (TPSA) is 58.6 Å². The van der Waals surface area contributed by atoms with Gasteiger partial charge in [0, 0.05) is 23.8 Å². The summed E-state index contributed by atoms with van der Waals surface area (Å²) in [6.45, 7) is 2.12.